The fourth-order valence-corrected chi connectivity index (χ4v) is 4.90. The topological polar surface area (TPSA) is 120 Å². The van der Waals surface area contributed by atoms with E-state index in [2.05, 4.69) is 26.2 Å². The van der Waals surface area contributed by atoms with Crippen LogP contribution in [0.5, 0.6) is 0 Å². The van der Waals surface area contributed by atoms with Crippen molar-refractivity contribution >= 4 is 56.6 Å². The van der Waals surface area contributed by atoms with E-state index >= 15 is 0 Å². The molecule has 0 unspecified atom stereocenters. The Kier molecular flexibility index (Phi) is 8.97. The van der Waals surface area contributed by atoms with E-state index in [-0.39, 0.29) is 12.5 Å². The molecule has 3 aromatic carbocycles. The van der Waals surface area contributed by atoms with Gasteiger partial charge in [0.2, 0.25) is 5.91 Å². The third-order valence-electron chi connectivity index (χ3n) is 7.00. The zero-order valence-corrected chi connectivity index (χ0v) is 24.5. The quantitative estimate of drug-likeness (QED) is 0.135. The number of fused-ring (bicyclic) bond motifs is 2. The van der Waals surface area contributed by atoms with Gasteiger partial charge < -0.3 is 30.7 Å². The second kappa shape index (κ2) is 13.2. The van der Waals surface area contributed by atoms with Gasteiger partial charge in [0, 0.05) is 36.2 Å². The molecule has 0 saturated carbocycles. The van der Waals surface area contributed by atoms with Gasteiger partial charge in [0.25, 0.3) is 11.8 Å². The Morgan fingerprint density at radius 2 is 1.58 bits per heavy atom. The lowest BCUT2D eigenvalue weighted by Gasteiger charge is -2.15. The van der Waals surface area contributed by atoms with E-state index < -0.39 is 11.8 Å². The molecule has 0 aliphatic heterocycles. The summed E-state index contributed by atoms with van der Waals surface area (Å²) in [6.45, 7) is 1.18. The molecule has 0 aliphatic carbocycles. The number of rotatable bonds is 11. The van der Waals surface area contributed by atoms with E-state index in [4.69, 9.17) is 4.98 Å². The lowest BCUT2D eigenvalue weighted by Crippen LogP contribution is -2.33. The first-order valence-electron chi connectivity index (χ1n) is 14.1. The number of nitrogens with one attached hydrogen (secondary N) is 4. The number of pyridine rings is 1. The van der Waals surface area contributed by atoms with E-state index in [9.17, 15) is 14.4 Å². The van der Waals surface area contributed by atoms with Gasteiger partial charge in [-0.2, -0.15) is 0 Å². The van der Waals surface area contributed by atoms with Gasteiger partial charge in [0.1, 0.15) is 5.69 Å². The first kappa shape index (κ1) is 29.3. The normalized spacial score (nSPS) is 11.1. The van der Waals surface area contributed by atoms with E-state index in [1.54, 1.807) is 36.0 Å². The van der Waals surface area contributed by atoms with Crippen molar-refractivity contribution in [3.63, 3.8) is 0 Å². The van der Waals surface area contributed by atoms with Crippen LogP contribution < -0.4 is 21.3 Å². The van der Waals surface area contributed by atoms with Crippen molar-refractivity contribution < 1.29 is 14.4 Å². The lowest BCUT2D eigenvalue weighted by molar-refractivity contribution is -0.115. The number of carbonyl (C=O) groups is 3. The summed E-state index contributed by atoms with van der Waals surface area (Å²) in [4.78, 5) is 45.5. The molecule has 220 valence electrons. The van der Waals surface area contributed by atoms with Gasteiger partial charge in [-0.1, -0.05) is 48.5 Å². The van der Waals surface area contributed by atoms with Crippen molar-refractivity contribution in [1.82, 2.24) is 25.1 Å². The minimum atomic E-state index is -0.417. The second-order valence-corrected chi connectivity index (χ2v) is 10.6. The Labute approximate surface area is 250 Å². The van der Waals surface area contributed by atoms with Crippen molar-refractivity contribution in [3.05, 3.63) is 96.3 Å². The maximum absolute atomic E-state index is 13.3. The summed E-state index contributed by atoms with van der Waals surface area (Å²) in [6.07, 6.45) is 2.50. The average molecular weight is 578 g/mol. The van der Waals surface area contributed by atoms with E-state index in [1.165, 1.54) is 0 Å². The van der Waals surface area contributed by atoms with Crippen LogP contribution in [0.25, 0.3) is 21.8 Å². The van der Waals surface area contributed by atoms with Gasteiger partial charge in [-0.3, -0.25) is 14.4 Å². The maximum atomic E-state index is 13.3. The number of nitrogens with zero attached hydrogens (tertiary/aromatic N) is 3. The minimum Gasteiger partial charge on any atom is -0.354 e. The highest BCUT2D eigenvalue weighted by molar-refractivity contribution is 6.15. The zero-order valence-electron chi connectivity index (χ0n) is 24.5. The highest BCUT2D eigenvalue weighted by Gasteiger charge is 2.18. The third kappa shape index (κ3) is 6.99. The number of amides is 3. The monoisotopic (exact) mass is 577 g/mol. The smallest absolute Gasteiger partial charge is 0.267 e. The lowest BCUT2D eigenvalue weighted by atomic mass is 10.0. The predicted molar refractivity (Wildman–Crippen MR) is 171 cm³/mol. The molecule has 10 nitrogen and oxygen atoms in total. The van der Waals surface area contributed by atoms with E-state index in [1.807, 2.05) is 74.8 Å². The molecule has 2 aromatic heterocycles. The van der Waals surface area contributed by atoms with Crippen LogP contribution in [0.4, 0.5) is 17.1 Å². The first-order chi connectivity index (χ1) is 20.8. The highest BCUT2D eigenvalue weighted by atomic mass is 16.2. The first-order valence-corrected chi connectivity index (χ1v) is 14.1. The van der Waals surface area contributed by atoms with Crippen molar-refractivity contribution in [2.24, 2.45) is 7.05 Å². The Balaban J connectivity index is 1.28. The van der Waals surface area contributed by atoms with Crippen LogP contribution in [-0.2, 0) is 11.8 Å². The largest absolute Gasteiger partial charge is 0.354 e. The van der Waals surface area contributed by atoms with Crippen LogP contribution in [0.15, 0.2) is 85.1 Å². The molecule has 0 fully saturated rings. The molecule has 5 aromatic rings. The number of aryl methyl sites for hydroxylation is 1. The number of anilines is 3. The van der Waals surface area contributed by atoms with Gasteiger partial charge in [-0.15, -0.1) is 0 Å². The summed E-state index contributed by atoms with van der Waals surface area (Å²) in [6, 6.07) is 24.6. The van der Waals surface area contributed by atoms with Crippen molar-refractivity contribution in [1.29, 1.82) is 0 Å². The molecule has 4 N–H and O–H groups in total. The van der Waals surface area contributed by atoms with Gasteiger partial charge in [-0.25, -0.2) is 4.98 Å². The molecule has 0 spiro atoms. The highest BCUT2D eigenvalue weighted by Crippen LogP contribution is 2.34. The van der Waals surface area contributed by atoms with Crippen molar-refractivity contribution in [2.75, 3.05) is 44.4 Å². The second-order valence-electron chi connectivity index (χ2n) is 10.6. The molecule has 43 heavy (non-hydrogen) atoms. The van der Waals surface area contributed by atoms with Gasteiger partial charge in [0.05, 0.1) is 34.5 Å². The molecule has 3 amide bonds. The van der Waals surface area contributed by atoms with E-state index in [0.29, 0.717) is 29.0 Å². The number of aromatic nitrogens is 2. The van der Waals surface area contributed by atoms with Crippen LogP contribution in [0.3, 0.4) is 0 Å². The molecular formula is C33H35N7O3. The summed E-state index contributed by atoms with van der Waals surface area (Å²) in [5.41, 5.74) is 4.29. The summed E-state index contributed by atoms with van der Waals surface area (Å²) < 4.78 is 1.66. The molecule has 2 heterocycles. The van der Waals surface area contributed by atoms with Crippen molar-refractivity contribution in [2.45, 2.75) is 6.42 Å². The molecule has 0 bridgehead atoms. The Hall–Kier alpha value is -5.22. The average Bonchev–Trinajstić information content (AvgIpc) is 3.37. The Morgan fingerprint density at radius 1 is 0.837 bits per heavy atom. The Bertz CT molecular complexity index is 1780. The van der Waals surface area contributed by atoms with Crippen molar-refractivity contribution in [3.8, 4) is 0 Å². The number of hydrogen-bond donors (Lipinski definition) is 4. The summed E-state index contributed by atoms with van der Waals surface area (Å²) in [7, 11) is 5.71. The molecule has 0 aliphatic rings. The van der Waals surface area contributed by atoms with Crippen LogP contribution in [0.1, 0.15) is 27.3 Å². The molecule has 5 rings (SSSR count). The van der Waals surface area contributed by atoms with Crippen LogP contribution in [-0.4, -0.2) is 65.9 Å². The Morgan fingerprint density at radius 3 is 2.37 bits per heavy atom. The third-order valence-corrected chi connectivity index (χ3v) is 7.00. The molecule has 0 radical (unpaired) electrons. The van der Waals surface area contributed by atoms with Gasteiger partial charge >= 0.3 is 0 Å². The summed E-state index contributed by atoms with van der Waals surface area (Å²) in [5.74, 6) is -1.05. The number of hydrogen-bond acceptors (Lipinski definition) is 6. The number of para-hydroxylation sites is 3. The maximum Gasteiger partial charge on any atom is 0.267 e. The van der Waals surface area contributed by atoms with Crippen LogP contribution >= 0.6 is 0 Å². The zero-order chi connectivity index (χ0) is 30.3. The minimum absolute atomic E-state index is 0.216. The molecule has 0 saturated heterocycles. The summed E-state index contributed by atoms with van der Waals surface area (Å²) >= 11 is 0. The molecular weight excluding hydrogens is 542 g/mol. The summed E-state index contributed by atoms with van der Waals surface area (Å²) in [5, 5.41) is 13.6. The fraction of sp³-hybridized carbons (Fsp3) is 0.212. The number of benzene rings is 3. The number of carbonyl (C=O) groups excluding carboxylic acids is 3. The van der Waals surface area contributed by atoms with Gasteiger partial charge in [0.15, 0.2) is 0 Å². The molecule has 0 atom stereocenters. The predicted octanol–water partition coefficient (Wildman–Crippen LogP) is 4.52. The van der Waals surface area contributed by atoms with Crippen LogP contribution in [0, 0.1) is 0 Å². The fourth-order valence-electron chi connectivity index (χ4n) is 4.90. The van der Waals surface area contributed by atoms with Gasteiger partial charge in [-0.05, 0) is 57.4 Å². The van der Waals surface area contributed by atoms with Crippen LogP contribution in [0.2, 0.25) is 0 Å². The standard InChI is InChI=1S/C33H35N7O3/c1-39(2)18-10-17-34-33(43)28-19-23(21-40(28)3)36-29(41)20-35-32(42)26-15-9-14-25-30(37-22-11-5-4-6-12-22)24-13-7-8-16-27(24)38-31(25)26/h4-9,11-16,19,21H,10,17-18,20H2,1-3H3,(H,34,43)(H,35,42)(H,36,41)(H,37,38). The SMILES string of the molecule is CN(C)CCCNC(=O)c1cc(NC(=O)CNC(=O)c2cccc3c(Nc4ccccc4)c4ccccc4nc23)cn1C. The van der Waals surface area contributed by atoms with E-state index in [0.717, 1.165) is 40.6 Å². The molecule has 10 heteroatoms.